The molecule has 0 aliphatic carbocycles. The number of hydrogen-bond acceptors (Lipinski definition) is 2. The summed E-state index contributed by atoms with van der Waals surface area (Å²) in [5.41, 5.74) is 13.1. The van der Waals surface area contributed by atoms with Gasteiger partial charge in [-0.3, -0.25) is 0 Å². The topological polar surface area (TPSA) is 23.4 Å². The van der Waals surface area contributed by atoms with Crippen molar-refractivity contribution in [1.82, 2.24) is 4.57 Å². The quantitative estimate of drug-likeness (QED) is 0.202. The Labute approximate surface area is 251 Å². The fraction of sp³-hybridized carbons (Fsp3) is 0.0769. The Kier molecular flexibility index (Phi) is 5.04. The Morgan fingerprint density at radius 2 is 1.09 bits per heavy atom. The normalized spacial score (nSPS) is 12.9. The van der Waals surface area contributed by atoms with Gasteiger partial charge in [0.15, 0.2) is 0 Å². The van der Waals surface area contributed by atoms with Crippen LogP contribution in [0.4, 0.5) is 0 Å². The highest BCUT2D eigenvalue weighted by molar-refractivity contribution is 6.98. The van der Waals surface area contributed by atoms with E-state index in [1.54, 1.807) is 0 Å². The number of aryl methyl sites for hydroxylation is 3. The minimum absolute atomic E-state index is 0.0833. The molecule has 0 bridgehead atoms. The molecule has 0 atom stereocenters. The smallest absolute Gasteiger partial charge is 0.260 e. The number of benzene rings is 6. The molecule has 0 spiro atoms. The van der Waals surface area contributed by atoms with Crippen LogP contribution in [0.2, 0.25) is 0 Å². The number of fused-ring (bicyclic) bond motifs is 7. The fourth-order valence-electron chi connectivity index (χ4n) is 7.19. The number of nitrogens with zero attached hydrogens (tertiary/aromatic N) is 1. The number of para-hydroxylation sites is 2. The summed E-state index contributed by atoms with van der Waals surface area (Å²) >= 11 is 0. The lowest BCUT2D eigenvalue weighted by atomic mass is 9.35. The van der Waals surface area contributed by atoms with Gasteiger partial charge >= 0.3 is 0 Å². The van der Waals surface area contributed by atoms with Crippen LogP contribution in [0.5, 0.6) is 23.0 Å². The van der Waals surface area contributed by atoms with Gasteiger partial charge in [-0.25, -0.2) is 0 Å². The molecule has 3 nitrogen and oxygen atoms in total. The highest BCUT2D eigenvalue weighted by Gasteiger charge is 2.40. The van der Waals surface area contributed by atoms with Crippen LogP contribution >= 0.6 is 0 Å². The largest absolute Gasteiger partial charge is 0.458 e. The summed E-state index contributed by atoms with van der Waals surface area (Å²) < 4.78 is 15.5. The molecule has 2 aliphatic rings. The summed E-state index contributed by atoms with van der Waals surface area (Å²) in [5.74, 6) is 3.54. The molecule has 6 aromatic carbocycles. The Hall–Kier alpha value is -5.22. The lowest BCUT2D eigenvalue weighted by Crippen LogP contribution is -2.57. The first-order valence-corrected chi connectivity index (χ1v) is 14.9. The van der Waals surface area contributed by atoms with Gasteiger partial charge in [0.1, 0.15) is 23.0 Å². The first-order chi connectivity index (χ1) is 21.0. The van der Waals surface area contributed by atoms with Crippen molar-refractivity contribution in [1.29, 1.82) is 0 Å². The standard InChI is InChI=1S/C39H28BNO2/c1-23-12-16-33-29(18-23)30-19-24(2)13-17-34(30)41(33)27-14-15-28(25(3)20-27)26-21-37-39-38(22-26)43-36-11-7-5-9-32(36)40(39)31-8-4-6-10-35(31)42-37/h4-22H,1-3H3. The summed E-state index contributed by atoms with van der Waals surface area (Å²) in [4.78, 5) is 0. The minimum atomic E-state index is 0.0833. The summed E-state index contributed by atoms with van der Waals surface area (Å²) in [6.45, 7) is 6.60. The fourth-order valence-corrected chi connectivity index (χ4v) is 7.19. The van der Waals surface area contributed by atoms with E-state index in [4.69, 9.17) is 9.47 Å². The second-order valence-electron chi connectivity index (χ2n) is 12.0. The third kappa shape index (κ3) is 3.56. The number of rotatable bonds is 2. The zero-order valence-electron chi connectivity index (χ0n) is 24.3. The van der Waals surface area contributed by atoms with Gasteiger partial charge in [0.05, 0.1) is 11.0 Å². The Balaban J connectivity index is 1.20. The first kappa shape index (κ1) is 24.4. The van der Waals surface area contributed by atoms with E-state index in [0.29, 0.717) is 0 Å². The highest BCUT2D eigenvalue weighted by Crippen LogP contribution is 2.40. The van der Waals surface area contributed by atoms with Crippen LogP contribution < -0.4 is 25.9 Å². The van der Waals surface area contributed by atoms with Crippen LogP contribution in [0.3, 0.4) is 0 Å². The lowest BCUT2D eigenvalue weighted by Gasteiger charge is -2.33. The van der Waals surface area contributed by atoms with Crippen molar-refractivity contribution in [2.75, 3.05) is 0 Å². The molecule has 0 N–H and O–H groups in total. The van der Waals surface area contributed by atoms with E-state index in [-0.39, 0.29) is 6.71 Å². The summed E-state index contributed by atoms with van der Waals surface area (Å²) in [6, 6.07) is 41.4. The molecule has 7 aromatic rings. The number of hydrogen-bond donors (Lipinski definition) is 0. The van der Waals surface area contributed by atoms with E-state index in [0.717, 1.165) is 45.3 Å². The molecule has 9 rings (SSSR count). The van der Waals surface area contributed by atoms with Crippen molar-refractivity contribution >= 4 is 44.9 Å². The molecule has 3 heterocycles. The van der Waals surface area contributed by atoms with Crippen molar-refractivity contribution in [3.63, 3.8) is 0 Å². The molecule has 0 radical (unpaired) electrons. The van der Waals surface area contributed by atoms with E-state index in [2.05, 4.69) is 128 Å². The van der Waals surface area contributed by atoms with Gasteiger partial charge in [-0.05, 0) is 109 Å². The zero-order chi connectivity index (χ0) is 28.8. The monoisotopic (exact) mass is 553 g/mol. The molecule has 0 saturated heterocycles. The van der Waals surface area contributed by atoms with Crippen LogP contribution in [0.15, 0.2) is 115 Å². The van der Waals surface area contributed by atoms with Crippen LogP contribution in [0.25, 0.3) is 38.6 Å². The molecule has 2 aliphatic heterocycles. The molecule has 0 fully saturated rings. The predicted octanol–water partition coefficient (Wildman–Crippen LogP) is 8.10. The zero-order valence-corrected chi connectivity index (χ0v) is 24.3. The maximum Gasteiger partial charge on any atom is 0.260 e. The third-order valence-electron chi connectivity index (χ3n) is 9.15. The summed E-state index contributed by atoms with van der Waals surface area (Å²) in [7, 11) is 0. The average Bonchev–Trinajstić information content (AvgIpc) is 3.33. The molecule has 4 heteroatoms. The summed E-state index contributed by atoms with van der Waals surface area (Å²) in [6.07, 6.45) is 0. The van der Waals surface area contributed by atoms with Gasteiger partial charge in [0, 0.05) is 21.9 Å². The van der Waals surface area contributed by atoms with Crippen molar-refractivity contribution in [2.24, 2.45) is 0 Å². The third-order valence-corrected chi connectivity index (χ3v) is 9.15. The molecule has 0 amide bonds. The van der Waals surface area contributed by atoms with Gasteiger partial charge in [0.2, 0.25) is 0 Å². The van der Waals surface area contributed by atoms with Crippen molar-refractivity contribution in [3.8, 4) is 39.8 Å². The van der Waals surface area contributed by atoms with E-state index >= 15 is 0 Å². The van der Waals surface area contributed by atoms with Crippen molar-refractivity contribution < 1.29 is 9.47 Å². The number of ether oxygens (including phenoxy) is 2. The van der Waals surface area contributed by atoms with Crippen LogP contribution in [0, 0.1) is 20.8 Å². The van der Waals surface area contributed by atoms with Crippen LogP contribution in [-0.4, -0.2) is 11.3 Å². The minimum Gasteiger partial charge on any atom is -0.458 e. The Morgan fingerprint density at radius 3 is 1.65 bits per heavy atom. The van der Waals surface area contributed by atoms with Crippen LogP contribution in [0.1, 0.15) is 16.7 Å². The molecule has 43 heavy (non-hydrogen) atoms. The molecule has 204 valence electrons. The van der Waals surface area contributed by atoms with Gasteiger partial charge in [-0.1, -0.05) is 65.7 Å². The maximum absolute atomic E-state index is 6.56. The van der Waals surface area contributed by atoms with Gasteiger partial charge in [0.25, 0.3) is 6.71 Å². The molecular formula is C39H28BNO2. The van der Waals surface area contributed by atoms with Crippen molar-refractivity contribution in [3.05, 3.63) is 132 Å². The van der Waals surface area contributed by atoms with Crippen LogP contribution in [-0.2, 0) is 0 Å². The van der Waals surface area contributed by atoms with E-state index in [1.165, 1.54) is 49.4 Å². The summed E-state index contributed by atoms with van der Waals surface area (Å²) in [5, 5.41) is 2.58. The molecular weight excluding hydrogens is 525 g/mol. The number of aromatic nitrogens is 1. The van der Waals surface area contributed by atoms with E-state index < -0.39 is 0 Å². The maximum atomic E-state index is 6.56. The molecule has 1 aromatic heterocycles. The van der Waals surface area contributed by atoms with Gasteiger partial charge in [-0.15, -0.1) is 0 Å². The second kappa shape index (κ2) is 8.89. The van der Waals surface area contributed by atoms with E-state index in [1.807, 2.05) is 12.1 Å². The predicted molar refractivity (Wildman–Crippen MR) is 178 cm³/mol. The Morgan fingerprint density at radius 1 is 0.535 bits per heavy atom. The molecule has 0 saturated carbocycles. The lowest BCUT2D eigenvalue weighted by molar-refractivity contribution is 0.465. The van der Waals surface area contributed by atoms with Crippen molar-refractivity contribution in [2.45, 2.75) is 20.8 Å². The van der Waals surface area contributed by atoms with Gasteiger partial charge < -0.3 is 14.0 Å². The average molecular weight is 553 g/mol. The van der Waals surface area contributed by atoms with Gasteiger partial charge in [-0.2, -0.15) is 0 Å². The second-order valence-corrected chi connectivity index (χ2v) is 12.0. The first-order valence-electron chi connectivity index (χ1n) is 14.9. The Bertz CT molecular complexity index is 2170. The van der Waals surface area contributed by atoms with E-state index in [9.17, 15) is 0 Å². The molecule has 0 unspecified atom stereocenters. The SMILES string of the molecule is Cc1ccc2c(c1)c1cc(C)ccc1n2-c1ccc(-c2cc3c4c(c2)Oc2ccccc2B4c2ccccc2O3)c(C)c1. The highest BCUT2D eigenvalue weighted by atomic mass is 16.5.